The van der Waals surface area contributed by atoms with E-state index in [2.05, 4.69) is 9.71 Å². The SMILES string of the molecule is Cc1ccc(/C=C2/S/C(=N/S(=O)(=O)c3cccs3)NC2=O)cc1. The Bertz CT molecular complexity index is 896. The van der Waals surface area contributed by atoms with Gasteiger partial charge in [-0.2, -0.15) is 8.42 Å². The fourth-order valence-electron chi connectivity index (χ4n) is 1.85. The predicted octanol–water partition coefficient (Wildman–Crippen LogP) is 3.01. The molecule has 0 bridgehead atoms. The van der Waals surface area contributed by atoms with E-state index in [9.17, 15) is 13.2 Å². The van der Waals surface area contributed by atoms with Gasteiger partial charge >= 0.3 is 0 Å². The summed E-state index contributed by atoms with van der Waals surface area (Å²) in [6, 6.07) is 10.8. The number of hydrogen-bond donors (Lipinski definition) is 1. The maximum absolute atomic E-state index is 12.1. The molecule has 1 N–H and O–H groups in total. The molecule has 1 fully saturated rings. The normalized spacial score (nSPS) is 18.6. The Morgan fingerprint density at radius 2 is 1.91 bits per heavy atom. The van der Waals surface area contributed by atoms with Crippen molar-refractivity contribution in [3.8, 4) is 0 Å². The molecule has 5 nitrogen and oxygen atoms in total. The van der Waals surface area contributed by atoms with Crippen LogP contribution in [0, 0.1) is 6.92 Å². The van der Waals surface area contributed by atoms with Crippen molar-refractivity contribution in [1.29, 1.82) is 0 Å². The van der Waals surface area contributed by atoms with Gasteiger partial charge in [0.15, 0.2) is 5.17 Å². The Morgan fingerprint density at radius 3 is 2.57 bits per heavy atom. The Labute approximate surface area is 142 Å². The molecule has 1 aromatic heterocycles. The van der Waals surface area contributed by atoms with E-state index in [0.717, 1.165) is 34.2 Å². The topological polar surface area (TPSA) is 75.6 Å². The third-order valence-electron chi connectivity index (χ3n) is 2.98. The van der Waals surface area contributed by atoms with Gasteiger partial charge in [-0.25, -0.2) is 0 Å². The van der Waals surface area contributed by atoms with Crippen molar-refractivity contribution in [2.24, 2.45) is 4.40 Å². The molecule has 0 saturated carbocycles. The number of carbonyl (C=O) groups is 1. The standard InChI is InChI=1S/C15H12N2O3S3/c1-10-4-6-11(7-5-10)9-12-14(18)16-15(22-12)17-23(19,20)13-3-2-8-21-13/h2-9H,1H3,(H,16,17,18)/b12-9+. The van der Waals surface area contributed by atoms with Crippen LogP contribution in [-0.2, 0) is 14.8 Å². The van der Waals surface area contributed by atoms with Crippen molar-refractivity contribution >= 4 is 50.3 Å². The molecule has 0 unspecified atom stereocenters. The number of benzene rings is 1. The largest absolute Gasteiger partial charge is 0.300 e. The van der Waals surface area contributed by atoms with Gasteiger partial charge in [0.2, 0.25) is 0 Å². The van der Waals surface area contributed by atoms with Gasteiger partial charge in [-0.05, 0) is 41.8 Å². The number of thioether (sulfide) groups is 1. The minimum Gasteiger partial charge on any atom is -0.300 e. The van der Waals surface area contributed by atoms with Crippen molar-refractivity contribution in [3.63, 3.8) is 0 Å². The number of aryl methyl sites for hydroxylation is 1. The van der Waals surface area contributed by atoms with Crippen molar-refractivity contribution in [3.05, 3.63) is 57.8 Å². The van der Waals surface area contributed by atoms with Crippen LogP contribution in [-0.4, -0.2) is 19.5 Å². The minimum absolute atomic E-state index is 0.0711. The fourth-order valence-corrected chi connectivity index (χ4v) is 4.80. The fraction of sp³-hybridized carbons (Fsp3) is 0.0667. The van der Waals surface area contributed by atoms with Crippen LogP contribution in [0.2, 0.25) is 0 Å². The van der Waals surface area contributed by atoms with E-state index in [1.165, 1.54) is 6.07 Å². The summed E-state index contributed by atoms with van der Waals surface area (Å²) in [4.78, 5) is 12.4. The van der Waals surface area contributed by atoms with Crippen LogP contribution in [0.3, 0.4) is 0 Å². The van der Waals surface area contributed by atoms with E-state index >= 15 is 0 Å². The lowest BCUT2D eigenvalue weighted by atomic mass is 10.1. The number of thiophene rings is 1. The highest BCUT2D eigenvalue weighted by Gasteiger charge is 2.26. The van der Waals surface area contributed by atoms with Gasteiger partial charge in [0.1, 0.15) is 4.21 Å². The van der Waals surface area contributed by atoms with Crippen LogP contribution in [0.15, 0.2) is 55.3 Å². The maximum atomic E-state index is 12.1. The third kappa shape index (κ3) is 3.72. The number of nitrogens with one attached hydrogen (secondary N) is 1. The van der Waals surface area contributed by atoms with E-state index in [1.54, 1.807) is 17.5 Å². The summed E-state index contributed by atoms with van der Waals surface area (Å²) in [5, 5.41) is 4.22. The number of nitrogens with zero attached hydrogens (tertiary/aromatic N) is 1. The molecule has 0 aliphatic carbocycles. The quantitative estimate of drug-likeness (QED) is 0.850. The van der Waals surface area contributed by atoms with Crippen LogP contribution in [0.5, 0.6) is 0 Å². The lowest BCUT2D eigenvalue weighted by Crippen LogP contribution is -2.20. The molecule has 0 atom stereocenters. The van der Waals surface area contributed by atoms with Crippen molar-refractivity contribution < 1.29 is 13.2 Å². The molecule has 1 aliphatic heterocycles. The average Bonchev–Trinajstić information content (AvgIpc) is 3.12. The maximum Gasteiger partial charge on any atom is 0.294 e. The molecule has 118 valence electrons. The van der Waals surface area contributed by atoms with E-state index in [-0.39, 0.29) is 15.3 Å². The van der Waals surface area contributed by atoms with Crippen LogP contribution >= 0.6 is 23.1 Å². The first-order chi connectivity index (χ1) is 10.9. The van der Waals surface area contributed by atoms with Crippen LogP contribution in [0.25, 0.3) is 6.08 Å². The van der Waals surface area contributed by atoms with Crippen LogP contribution < -0.4 is 5.32 Å². The van der Waals surface area contributed by atoms with Crippen molar-refractivity contribution in [2.75, 3.05) is 0 Å². The van der Waals surface area contributed by atoms with Gasteiger partial charge in [0.25, 0.3) is 15.9 Å². The highest BCUT2D eigenvalue weighted by Crippen LogP contribution is 2.28. The lowest BCUT2D eigenvalue weighted by Gasteiger charge is -1.96. The zero-order valence-electron chi connectivity index (χ0n) is 12.0. The summed E-state index contributed by atoms with van der Waals surface area (Å²) in [6.07, 6.45) is 1.71. The summed E-state index contributed by atoms with van der Waals surface area (Å²) < 4.78 is 28.0. The van der Waals surface area contributed by atoms with Crippen molar-refractivity contribution in [1.82, 2.24) is 5.32 Å². The molecule has 1 aliphatic rings. The smallest absolute Gasteiger partial charge is 0.294 e. The zero-order valence-corrected chi connectivity index (χ0v) is 14.5. The molecule has 3 rings (SSSR count). The summed E-state index contributed by atoms with van der Waals surface area (Å²) in [6.45, 7) is 1.98. The van der Waals surface area contributed by atoms with E-state index in [4.69, 9.17) is 0 Å². The summed E-state index contributed by atoms with van der Waals surface area (Å²) in [5.41, 5.74) is 2.00. The molecule has 0 radical (unpaired) electrons. The number of sulfonamides is 1. The highest BCUT2D eigenvalue weighted by atomic mass is 32.2. The molecule has 2 heterocycles. The average molecular weight is 364 g/mol. The zero-order chi connectivity index (χ0) is 16.4. The first-order valence-electron chi connectivity index (χ1n) is 6.60. The number of amides is 1. The lowest BCUT2D eigenvalue weighted by molar-refractivity contribution is -0.115. The predicted molar refractivity (Wildman–Crippen MR) is 93.8 cm³/mol. The first-order valence-corrected chi connectivity index (χ1v) is 9.74. The van der Waals surface area contributed by atoms with E-state index in [0.29, 0.717) is 4.91 Å². The van der Waals surface area contributed by atoms with Gasteiger partial charge in [0, 0.05) is 0 Å². The molecular weight excluding hydrogens is 352 g/mol. The molecule has 1 amide bonds. The van der Waals surface area contributed by atoms with Gasteiger partial charge in [-0.15, -0.1) is 15.7 Å². The Hall–Kier alpha value is -1.90. The second-order valence-electron chi connectivity index (χ2n) is 4.78. The Kier molecular flexibility index (Phi) is 4.38. The van der Waals surface area contributed by atoms with E-state index < -0.39 is 10.0 Å². The number of carbonyl (C=O) groups excluding carboxylic acids is 1. The first kappa shape index (κ1) is 16.0. The Balaban J connectivity index is 1.85. The number of rotatable bonds is 3. The minimum atomic E-state index is -3.78. The van der Waals surface area contributed by atoms with Gasteiger partial charge in [0.05, 0.1) is 4.91 Å². The summed E-state index contributed by atoms with van der Waals surface area (Å²) in [5.74, 6) is -0.351. The highest BCUT2D eigenvalue weighted by molar-refractivity contribution is 8.19. The molecule has 8 heteroatoms. The van der Waals surface area contributed by atoms with Gasteiger partial charge in [-0.3, -0.25) is 10.1 Å². The molecular formula is C15H12N2O3S3. The third-order valence-corrected chi connectivity index (χ3v) is 6.65. The molecule has 0 spiro atoms. The molecule has 2 aromatic rings. The number of amidine groups is 1. The molecule has 1 aromatic carbocycles. The van der Waals surface area contributed by atoms with Gasteiger partial charge in [-0.1, -0.05) is 35.9 Å². The summed E-state index contributed by atoms with van der Waals surface area (Å²) in [7, 11) is -3.78. The second kappa shape index (κ2) is 6.31. The summed E-state index contributed by atoms with van der Waals surface area (Å²) >= 11 is 2.11. The molecule has 1 saturated heterocycles. The molecule has 23 heavy (non-hydrogen) atoms. The monoisotopic (exact) mass is 364 g/mol. The second-order valence-corrected chi connectivity index (χ2v) is 8.59. The van der Waals surface area contributed by atoms with E-state index in [1.807, 2.05) is 31.2 Å². The Morgan fingerprint density at radius 1 is 1.17 bits per heavy atom. The number of hydrogen-bond acceptors (Lipinski definition) is 5. The van der Waals surface area contributed by atoms with Crippen LogP contribution in [0.4, 0.5) is 0 Å². The van der Waals surface area contributed by atoms with Gasteiger partial charge < -0.3 is 0 Å². The van der Waals surface area contributed by atoms with Crippen LogP contribution in [0.1, 0.15) is 11.1 Å². The van der Waals surface area contributed by atoms with Crippen molar-refractivity contribution in [2.45, 2.75) is 11.1 Å².